The van der Waals surface area contributed by atoms with Gasteiger partial charge in [-0.3, -0.25) is 0 Å². The number of rotatable bonds is 3. The highest BCUT2D eigenvalue weighted by atomic mass is 16.1. The lowest BCUT2D eigenvalue weighted by Crippen LogP contribution is -1.86. The van der Waals surface area contributed by atoms with Crippen molar-refractivity contribution in [3.8, 4) is 0 Å². The molecule has 54 valence electrons. The number of carbonyl (C=O) groups is 1. The van der Waals surface area contributed by atoms with E-state index >= 15 is 0 Å². The van der Waals surface area contributed by atoms with E-state index < -0.39 is 0 Å². The van der Waals surface area contributed by atoms with Gasteiger partial charge in [0.05, 0.1) is 0 Å². The van der Waals surface area contributed by atoms with Crippen molar-refractivity contribution in [1.82, 2.24) is 9.97 Å². The fourth-order valence-corrected chi connectivity index (χ4v) is 0.779. The zero-order chi connectivity index (χ0) is 7.40. The molecule has 0 aromatic carbocycles. The number of aromatic nitrogens is 2. The summed E-state index contributed by atoms with van der Waals surface area (Å²) >= 11 is 0. The van der Waals surface area contributed by atoms with Gasteiger partial charge in [0.25, 0.3) is 0 Å². The van der Waals surface area contributed by atoms with E-state index in [0.29, 0.717) is 6.42 Å². The maximum absolute atomic E-state index is 10.0. The summed E-state index contributed by atoms with van der Waals surface area (Å²) in [5.74, 6) is 0.942. The number of H-pyrrole nitrogens is 1. The molecule has 0 amide bonds. The van der Waals surface area contributed by atoms with Crippen molar-refractivity contribution in [3.63, 3.8) is 0 Å². The van der Waals surface area contributed by atoms with E-state index in [0.717, 1.165) is 24.2 Å². The molecule has 1 rings (SSSR count). The molecule has 1 N–H and O–H groups in total. The molecule has 1 aromatic rings. The molecular weight excluding hydrogens is 128 g/mol. The van der Waals surface area contributed by atoms with Gasteiger partial charge in [-0.2, -0.15) is 0 Å². The average molecular weight is 138 g/mol. The highest BCUT2D eigenvalue weighted by Gasteiger charge is 1.95. The van der Waals surface area contributed by atoms with Gasteiger partial charge in [0.1, 0.15) is 12.1 Å². The third-order valence-electron chi connectivity index (χ3n) is 1.32. The zero-order valence-corrected chi connectivity index (χ0v) is 5.92. The van der Waals surface area contributed by atoms with E-state index in [1.54, 1.807) is 6.20 Å². The summed E-state index contributed by atoms with van der Waals surface area (Å²) in [6, 6.07) is 0. The molecule has 0 saturated carbocycles. The van der Waals surface area contributed by atoms with Crippen LogP contribution in [-0.4, -0.2) is 16.3 Å². The standard InChI is InChI=1S/C7H10N2O/c1-2-7-8-5-6(9-7)3-4-10/h4-5H,2-3H2,1H3,(H,8,9). The van der Waals surface area contributed by atoms with Crippen LogP contribution in [-0.2, 0) is 17.6 Å². The molecule has 0 spiro atoms. The van der Waals surface area contributed by atoms with E-state index in [1.165, 1.54) is 0 Å². The van der Waals surface area contributed by atoms with Gasteiger partial charge >= 0.3 is 0 Å². The van der Waals surface area contributed by atoms with Gasteiger partial charge in [-0.15, -0.1) is 0 Å². The summed E-state index contributed by atoms with van der Waals surface area (Å²) in [6.45, 7) is 2.02. The maximum atomic E-state index is 10.0. The van der Waals surface area contributed by atoms with Gasteiger partial charge < -0.3 is 9.78 Å². The first kappa shape index (κ1) is 6.99. The molecule has 0 aliphatic heterocycles. The van der Waals surface area contributed by atoms with Crippen molar-refractivity contribution in [2.24, 2.45) is 0 Å². The summed E-state index contributed by atoms with van der Waals surface area (Å²) in [7, 11) is 0. The van der Waals surface area contributed by atoms with Gasteiger partial charge in [0.15, 0.2) is 0 Å². The van der Waals surface area contributed by atoms with Gasteiger partial charge in [-0.25, -0.2) is 4.98 Å². The molecule has 0 aliphatic carbocycles. The predicted octanol–water partition coefficient (Wildman–Crippen LogP) is 0.713. The molecule has 3 nitrogen and oxygen atoms in total. The second-order valence-corrected chi connectivity index (χ2v) is 2.08. The van der Waals surface area contributed by atoms with Crippen molar-refractivity contribution >= 4 is 6.29 Å². The Kier molecular flexibility index (Phi) is 2.20. The lowest BCUT2D eigenvalue weighted by Gasteiger charge is -1.85. The predicted molar refractivity (Wildman–Crippen MR) is 37.7 cm³/mol. The van der Waals surface area contributed by atoms with Gasteiger partial charge in [0.2, 0.25) is 0 Å². The van der Waals surface area contributed by atoms with Crippen molar-refractivity contribution in [2.45, 2.75) is 19.8 Å². The number of aryl methyl sites for hydroxylation is 1. The number of imidazole rings is 1. The summed E-state index contributed by atoms with van der Waals surface area (Å²) in [5.41, 5.74) is 0.895. The number of aldehydes is 1. The van der Waals surface area contributed by atoms with Crippen LogP contribution in [0.3, 0.4) is 0 Å². The first-order valence-electron chi connectivity index (χ1n) is 3.33. The molecule has 0 radical (unpaired) electrons. The van der Waals surface area contributed by atoms with Crippen LogP contribution in [0, 0.1) is 0 Å². The van der Waals surface area contributed by atoms with Crippen LogP contribution in [0.1, 0.15) is 18.4 Å². The normalized spacial score (nSPS) is 9.70. The Morgan fingerprint density at radius 3 is 3.10 bits per heavy atom. The van der Waals surface area contributed by atoms with E-state index in [4.69, 9.17) is 0 Å². The van der Waals surface area contributed by atoms with Crippen LogP contribution in [0.5, 0.6) is 0 Å². The van der Waals surface area contributed by atoms with E-state index in [-0.39, 0.29) is 0 Å². The van der Waals surface area contributed by atoms with E-state index in [9.17, 15) is 4.79 Å². The lowest BCUT2D eigenvalue weighted by molar-refractivity contribution is -0.107. The number of nitrogens with one attached hydrogen (secondary N) is 1. The molecule has 1 aromatic heterocycles. The van der Waals surface area contributed by atoms with Crippen LogP contribution in [0.25, 0.3) is 0 Å². The molecule has 0 bridgehead atoms. The Hall–Kier alpha value is -1.12. The Bertz CT molecular complexity index is 217. The van der Waals surface area contributed by atoms with E-state index in [2.05, 4.69) is 9.97 Å². The molecule has 10 heavy (non-hydrogen) atoms. The molecule has 0 atom stereocenters. The second kappa shape index (κ2) is 3.15. The van der Waals surface area contributed by atoms with Crippen LogP contribution < -0.4 is 0 Å². The Labute approximate surface area is 59.5 Å². The monoisotopic (exact) mass is 138 g/mol. The minimum absolute atomic E-state index is 0.438. The largest absolute Gasteiger partial charge is 0.346 e. The average Bonchev–Trinajstić information content (AvgIpc) is 2.37. The maximum Gasteiger partial charge on any atom is 0.125 e. The topological polar surface area (TPSA) is 45.8 Å². The fourth-order valence-electron chi connectivity index (χ4n) is 0.779. The Morgan fingerprint density at radius 2 is 2.60 bits per heavy atom. The van der Waals surface area contributed by atoms with Crippen LogP contribution in [0.15, 0.2) is 6.20 Å². The molecule has 0 fully saturated rings. The molecule has 0 saturated heterocycles. The number of carbonyl (C=O) groups excluding carboxylic acids is 1. The SMILES string of the molecule is CCc1ncc(CC=O)[nH]1. The Balaban J connectivity index is 2.67. The molecule has 3 heteroatoms. The zero-order valence-electron chi connectivity index (χ0n) is 5.92. The van der Waals surface area contributed by atoms with Gasteiger partial charge in [0, 0.05) is 24.7 Å². The lowest BCUT2D eigenvalue weighted by atomic mass is 10.4. The van der Waals surface area contributed by atoms with Crippen LogP contribution >= 0.6 is 0 Å². The third kappa shape index (κ3) is 1.43. The number of hydrogen-bond acceptors (Lipinski definition) is 2. The first-order chi connectivity index (χ1) is 4.86. The van der Waals surface area contributed by atoms with Crippen molar-refractivity contribution < 1.29 is 4.79 Å². The Morgan fingerprint density at radius 1 is 1.80 bits per heavy atom. The summed E-state index contributed by atoms with van der Waals surface area (Å²) in [5, 5.41) is 0. The second-order valence-electron chi connectivity index (χ2n) is 2.08. The van der Waals surface area contributed by atoms with Crippen molar-refractivity contribution in [2.75, 3.05) is 0 Å². The highest BCUT2D eigenvalue weighted by Crippen LogP contribution is 1.96. The fraction of sp³-hybridized carbons (Fsp3) is 0.429. The summed E-state index contributed by atoms with van der Waals surface area (Å²) in [4.78, 5) is 17.1. The van der Waals surface area contributed by atoms with Crippen LogP contribution in [0.4, 0.5) is 0 Å². The summed E-state index contributed by atoms with van der Waals surface area (Å²) < 4.78 is 0. The summed E-state index contributed by atoms with van der Waals surface area (Å²) in [6.07, 6.45) is 3.89. The highest BCUT2D eigenvalue weighted by molar-refractivity contribution is 5.53. The van der Waals surface area contributed by atoms with Gasteiger partial charge in [-0.1, -0.05) is 6.92 Å². The minimum atomic E-state index is 0.438. The first-order valence-corrected chi connectivity index (χ1v) is 3.33. The molecule has 0 aliphatic rings. The quantitative estimate of drug-likeness (QED) is 0.625. The van der Waals surface area contributed by atoms with Crippen molar-refractivity contribution in [1.29, 1.82) is 0 Å². The number of aromatic amines is 1. The molecule has 1 heterocycles. The number of hydrogen-bond donors (Lipinski definition) is 1. The van der Waals surface area contributed by atoms with Crippen LogP contribution in [0.2, 0.25) is 0 Å². The smallest absolute Gasteiger partial charge is 0.125 e. The third-order valence-corrected chi connectivity index (χ3v) is 1.32. The number of nitrogens with zero attached hydrogens (tertiary/aromatic N) is 1. The minimum Gasteiger partial charge on any atom is -0.346 e. The van der Waals surface area contributed by atoms with E-state index in [1.807, 2.05) is 6.92 Å². The van der Waals surface area contributed by atoms with Gasteiger partial charge in [-0.05, 0) is 0 Å². The van der Waals surface area contributed by atoms with Crippen molar-refractivity contribution in [3.05, 3.63) is 17.7 Å². The molecule has 0 unspecified atom stereocenters. The molecular formula is C7H10N2O.